The summed E-state index contributed by atoms with van der Waals surface area (Å²) in [6.45, 7) is 9.68. The number of hydrogen-bond donors (Lipinski definition) is 0. The Labute approximate surface area is 118 Å². The summed E-state index contributed by atoms with van der Waals surface area (Å²) in [5.74, 6) is 0.835. The van der Waals surface area contributed by atoms with Crippen LogP contribution in [0.2, 0.25) is 0 Å². The zero-order valence-electron chi connectivity index (χ0n) is 12.5. The summed E-state index contributed by atoms with van der Waals surface area (Å²) in [5, 5.41) is 0. The van der Waals surface area contributed by atoms with Crippen LogP contribution in [-0.2, 0) is 4.74 Å². The molecule has 3 aliphatic rings. The van der Waals surface area contributed by atoms with Crippen LogP contribution in [-0.4, -0.2) is 61.3 Å². The molecule has 3 rings (SSSR count). The number of ether oxygens (including phenoxy) is 1. The topological polar surface area (TPSA) is 15.7 Å². The van der Waals surface area contributed by atoms with Gasteiger partial charge in [0.15, 0.2) is 0 Å². The van der Waals surface area contributed by atoms with Gasteiger partial charge in [-0.05, 0) is 51.1 Å². The average Bonchev–Trinajstić information content (AvgIpc) is 2.97. The van der Waals surface area contributed by atoms with Crippen LogP contribution in [0.15, 0.2) is 0 Å². The van der Waals surface area contributed by atoms with Crippen LogP contribution in [0.4, 0.5) is 0 Å². The summed E-state index contributed by atoms with van der Waals surface area (Å²) in [7, 11) is 0. The highest BCUT2D eigenvalue weighted by molar-refractivity contribution is 4.90. The molecule has 0 aromatic carbocycles. The van der Waals surface area contributed by atoms with E-state index in [4.69, 9.17) is 4.74 Å². The molecule has 3 saturated heterocycles. The lowest BCUT2D eigenvalue weighted by Gasteiger charge is -2.48. The molecule has 0 aliphatic carbocycles. The minimum Gasteiger partial charge on any atom is -0.381 e. The van der Waals surface area contributed by atoms with E-state index in [1.807, 2.05) is 0 Å². The normalized spacial score (nSPS) is 37.4. The Morgan fingerprint density at radius 1 is 1.16 bits per heavy atom. The number of rotatable bonds is 4. The smallest absolute Gasteiger partial charge is 0.0495 e. The standard InChI is InChI=1S/C16H30N2O/c1-2-15-11-17-8-4-3-5-16(17)12-18(15)9-6-14-7-10-19-13-14/h14-16H,2-13H2,1H3. The van der Waals surface area contributed by atoms with Crippen molar-refractivity contribution in [2.75, 3.05) is 39.4 Å². The summed E-state index contributed by atoms with van der Waals surface area (Å²) < 4.78 is 5.51. The van der Waals surface area contributed by atoms with Crippen LogP contribution in [0.25, 0.3) is 0 Å². The zero-order chi connectivity index (χ0) is 13.1. The van der Waals surface area contributed by atoms with Gasteiger partial charge in [-0.3, -0.25) is 9.80 Å². The maximum atomic E-state index is 5.51. The molecule has 0 radical (unpaired) electrons. The molecule has 0 bridgehead atoms. The molecule has 3 unspecified atom stereocenters. The second kappa shape index (κ2) is 6.55. The molecule has 3 atom stereocenters. The first-order valence-electron chi connectivity index (χ1n) is 8.42. The molecule has 19 heavy (non-hydrogen) atoms. The van der Waals surface area contributed by atoms with Gasteiger partial charge in [0, 0.05) is 38.4 Å². The molecule has 3 heterocycles. The highest BCUT2D eigenvalue weighted by atomic mass is 16.5. The Kier molecular flexibility index (Phi) is 4.78. The quantitative estimate of drug-likeness (QED) is 0.777. The summed E-state index contributed by atoms with van der Waals surface area (Å²) in [6.07, 6.45) is 8.25. The van der Waals surface area contributed by atoms with Gasteiger partial charge >= 0.3 is 0 Å². The fourth-order valence-electron chi connectivity index (χ4n) is 4.13. The monoisotopic (exact) mass is 266 g/mol. The van der Waals surface area contributed by atoms with Gasteiger partial charge in [0.2, 0.25) is 0 Å². The van der Waals surface area contributed by atoms with Crippen LogP contribution < -0.4 is 0 Å². The SMILES string of the molecule is CCC1CN2CCCCC2CN1CCC1CCOC1. The van der Waals surface area contributed by atoms with Crippen molar-refractivity contribution in [1.82, 2.24) is 9.80 Å². The predicted molar refractivity (Wildman–Crippen MR) is 78.4 cm³/mol. The van der Waals surface area contributed by atoms with E-state index < -0.39 is 0 Å². The third-order valence-electron chi connectivity index (χ3n) is 5.48. The fourth-order valence-corrected chi connectivity index (χ4v) is 4.13. The van der Waals surface area contributed by atoms with Crippen LogP contribution >= 0.6 is 0 Å². The molecule has 0 saturated carbocycles. The third kappa shape index (κ3) is 3.32. The lowest BCUT2D eigenvalue weighted by molar-refractivity contribution is 0.00494. The predicted octanol–water partition coefficient (Wildman–Crippen LogP) is 2.36. The molecule has 0 amide bonds. The summed E-state index contributed by atoms with van der Waals surface area (Å²) in [6, 6.07) is 1.66. The average molecular weight is 266 g/mol. The van der Waals surface area contributed by atoms with Crippen molar-refractivity contribution >= 4 is 0 Å². The molecule has 110 valence electrons. The van der Waals surface area contributed by atoms with E-state index in [9.17, 15) is 0 Å². The van der Waals surface area contributed by atoms with Crippen molar-refractivity contribution in [3.8, 4) is 0 Å². The van der Waals surface area contributed by atoms with Gasteiger partial charge in [-0.1, -0.05) is 13.3 Å². The Morgan fingerprint density at radius 2 is 2.11 bits per heavy atom. The Bertz CT molecular complexity index is 278. The Hall–Kier alpha value is -0.120. The maximum absolute atomic E-state index is 5.51. The van der Waals surface area contributed by atoms with Gasteiger partial charge in [-0.15, -0.1) is 0 Å². The minimum absolute atomic E-state index is 0.802. The molecule has 3 nitrogen and oxygen atoms in total. The van der Waals surface area contributed by atoms with Crippen molar-refractivity contribution in [2.45, 2.75) is 57.5 Å². The van der Waals surface area contributed by atoms with Gasteiger partial charge in [-0.25, -0.2) is 0 Å². The van der Waals surface area contributed by atoms with Crippen LogP contribution in [0.5, 0.6) is 0 Å². The highest BCUT2D eigenvalue weighted by Gasteiger charge is 2.34. The van der Waals surface area contributed by atoms with Gasteiger partial charge in [0.25, 0.3) is 0 Å². The number of nitrogens with zero attached hydrogens (tertiary/aromatic N) is 2. The second-order valence-corrected chi connectivity index (χ2v) is 6.72. The zero-order valence-corrected chi connectivity index (χ0v) is 12.5. The van der Waals surface area contributed by atoms with Crippen LogP contribution in [0.1, 0.15) is 45.4 Å². The molecule has 3 heteroatoms. The lowest BCUT2D eigenvalue weighted by Crippen LogP contribution is -2.59. The van der Waals surface area contributed by atoms with Gasteiger partial charge < -0.3 is 4.74 Å². The van der Waals surface area contributed by atoms with Crippen LogP contribution in [0, 0.1) is 5.92 Å². The summed E-state index contributed by atoms with van der Waals surface area (Å²) in [4.78, 5) is 5.57. The fraction of sp³-hybridized carbons (Fsp3) is 1.00. The molecule has 0 spiro atoms. The van der Waals surface area contributed by atoms with Crippen molar-refractivity contribution < 1.29 is 4.74 Å². The van der Waals surface area contributed by atoms with Crippen molar-refractivity contribution in [2.24, 2.45) is 5.92 Å². The first-order chi connectivity index (χ1) is 9.36. The van der Waals surface area contributed by atoms with Gasteiger partial charge in [-0.2, -0.15) is 0 Å². The second-order valence-electron chi connectivity index (χ2n) is 6.72. The van der Waals surface area contributed by atoms with Crippen molar-refractivity contribution in [1.29, 1.82) is 0 Å². The first-order valence-corrected chi connectivity index (χ1v) is 8.42. The molecular weight excluding hydrogens is 236 g/mol. The number of fused-ring (bicyclic) bond motifs is 1. The summed E-state index contributed by atoms with van der Waals surface area (Å²) >= 11 is 0. The molecule has 3 fully saturated rings. The molecule has 3 aliphatic heterocycles. The number of piperidine rings is 1. The van der Waals surface area contributed by atoms with Gasteiger partial charge in [0.05, 0.1) is 0 Å². The number of hydrogen-bond acceptors (Lipinski definition) is 3. The first kappa shape index (κ1) is 13.8. The largest absolute Gasteiger partial charge is 0.381 e. The third-order valence-corrected chi connectivity index (χ3v) is 5.48. The molecule has 0 N–H and O–H groups in total. The van der Waals surface area contributed by atoms with E-state index in [1.54, 1.807) is 0 Å². The lowest BCUT2D eigenvalue weighted by atomic mass is 9.95. The molecule has 0 aromatic heterocycles. The van der Waals surface area contributed by atoms with E-state index in [-0.39, 0.29) is 0 Å². The summed E-state index contributed by atoms with van der Waals surface area (Å²) in [5.41, 5.74) is 0. The van der Waals surface area contributed by atoms with Gasteiger partial charge in [0.1, 0.15) is 0 Å². The van der Waals surface area contributed by atoms with E-state index in [0.717, 1.165) is 31.2 Å². The maximum Gasteiger partial charge on any atom is 0.0495 e. The van der Waals surface area contributed by atoms with E-state index in [1.165, 1.54) is 64.7 Å². The van der Waals surface area contributed by atoms with E-state index in [2.05, 4.69) is 16.7 Å². The van der Waals surface area contributed by atoms with E-state index in [0.29, 0.717) is 0 Å². The van der Waals surface area contributed by atoms with Crippen molar-refractivity contribution in [3.05, 3.63) is 0 Å². The molecular formula is C16H30N2O. The van der Waals surface area contributed by atoms with E-state index >= 15 is 0 Å². The number of piperazine rings is 1. The van der Waals surface area contributed by atoms with Crippen LogP contribution in [0.3, 0.4) is 0 Å². The van der Waals surface area contributed by atoms with Crippen molar-refractivity contribution in [3.63, 3.8) is 0 Å². The Balaban J connectivity index is 1.52. The highest BCUT2D eigenvalue weighted by Crippen LogP contribution is 2.26. The molecule has 0 aromatic rings. The minimum atomic E-state index is 0.802. The Morgan fingerprint density at radius 3 is 2.89 bits per heavy atom.